The van der Waals surface area contributed by atoms with Crippen molar-refractivity contribution in [3.63, 3.8) is 0 Å². The minimum atomic E-state index is -0.674. The molecule has 0 aromatic heterocycles. The summed E-state index contributed by atoms with van der Waals surface area (Å²) in [6, 6.07) is 0. The number of hydrogen-bond donors (Lipinski definition) is 2. The number of hydrogen-bond acceptors (Lipinski definition) is 2. The molecule has 1 heterocycles. The zero-order chi connectivity index (χ0) is 6.85. The van der Waals surface area contributed by atoms with Crippen molar-refractivity contribution in [2.24, 2.45) is 11.8 Å². The van der Waals surface area contributed by atoms with Gasteiger partial charge in [-0.05, 0) is 12.5 Å². The Balaban J connectivity index is 2.49. The Kier molecular flexibility index (Phi) is 1.71. The van der Waals surface area contributed by atoms with Gasteiger partial charge in [-0.2, -0.15) is 0 Å². The zero-order valence-corrected chi connectivity index (χ0v) is 5.42. The highest BCUT2D eigenvalue weighted by Gasteiger charge is 2.28. The van der Waals surface area contributed by atoms with Gasteiger partial charge in [-0.1, -0.05) is 6.92 Å². The molecule has 52 valence electrons. The standard InChI is InChI=1S/C6H11NO2/c1-4-2-7-3-5(4)6(8)9/h4-5,7H,2-3H2,1H3,(H,8,9). The van der Waals surface area contributed by atoms with Gasteiger partial charge in [-0.15, -0.1) is 0 Å². The van der Waals surface area contributed by atoms with E-state index in [1.807, 2.05) is 6.92 Å². The molecule has 2 unspecified atom stereocenters. The highest BCUT2D eigenvalue weighted by molar-refractivity contribution is 5.71. The average Bonchev–Trinajstić information content (AvgIpc) is 2.13. The smallest absolute Gasteiger partial charge is 0.308 e. The van der Waals surface area contributed by atoms with E-state index in [2.05, 4.69) is 5.32 Å². The third-order valence-electron chi connectivity index (χ3n) is 1.83. The molecule has 1 rings (SSSR count). The summed E-state index contributed by atoms with van der Waals surface area (Å²) in [6.07, 6.45) is 0. The van der Waals surface area contributed by atoms with Crippen LogP contribution in [0.5, 0.6) is 0 Å². The zero-order valence-electron chi connectivity index (χ0n) is 5.42. The quantitative estimate of drug-likeness (QED) is 0.521. The molecule has 3 nitrogen and oxygen atoms in total. The average molecular weight is 129 g/mol. The maximum absolute atomic E-state index is 10.4. The fourth-order valence-electron chi connectivity index (χ4n) is 1.14. The molecule has 2 atom stereocenters. The highest BCUT2D eigenvalue weighted by Crippen LogP contribution is 2.14. The lowest BCUT2D eigenvalue weighted by Crippen LogP contribution is -2.20. The number of rotatable bonds is 1. The predicted molar refractivity (Wildman–Crippen MR) is 33.2 cm³/mol. The van der Waals surface area contributed by atoms with Crippen LogP contribution in [-0.2, 0) is 4.79 Å². The number of carbonyl (C=O) groups is 1. The van der Waals surface area contributed by atoms with Crippen molar-refractivity contribution in [2.45, 2.75) is 6.92 Å². The number of aliphatic carboxylic acids is 1. The van der Waals surface area contributed by atoms with Crippen molar-refractivity contribution < 1.29 is 9.90 Å². The van der Waals surface area contributed by atoms with Gasteiger partial charge in [-0.3, -0.25) is 4.79 Å². The van der Waals surface area contributed by atoms with Crippen LogP contribution in [-0.4, -0.2) is 24.2 Å². The Morgan fingerprint density at radius 3 is 2.56 bits per heavy atom. The largest absolute Gasteiger partial charge is 0.481 e. The normalized spacial score (nSPS) is 34.8. The Hall–Kier alpha value is -0.570. The molecular weight excluding hydrogens is 118 g/mol. The molecule has 1 aliphatic rings. The molecule has 0 radical (unpaired) electrons. The van der Waals surface area contributed by atoms with E-state index in [1.54, 1.807) is 0 Å². The van der Waals surface area contributed by atoms with E-state index in [9.17, 15) is 4.79 Å². The molecule has 9 heavy (non-hydrogen) atoms. The van der Waals surface area contributed by atoms with Gasteiger partial charge in [0.05, 0.1) is 5.92 Å². The summed E-state index contributed by atoms with van der Waals surface area (Å²) < 4.78 is 0. The summed E-state index contributed by atoms with van der Waals surface area (Å²) >= 11 is 0. The fourth-order valence-corrected chi connectivity index (χ4v) is 1.14. The Labute approximate surface area is 54.1 Å². The van der Waals surface area contributed by atoms with Gasteiger partial charge in [0, 0.05) is 6.54 Å². The maximum atomic E-state index is 10.4. The second-order valence-electron chi connectivity index (χ2n) is 2.58. The minimum absolute atomic E-state index is 0.162. The van der Waals surface area contributed by atoms with E-state index >= 15 is 0 Å². The Bertz CT molecular complexity index is 124. The molecule has 0 amide bonds. The van der Waals surface area contributed by atoms with Crippen LogP contribution in [0.1, 0.15) is 6.92 Å². The van der Waals surface area contributed by atoms with Crippen molar-refractivity contribution in [1.29, 1.82) is 0 Å². The molecule has 1 fully saturated rings. The second-order valence-corrected chi connectivity index (χ2v) is 2.58. The van der Waals surface area contributed by atoms with E-state index in [-0.39, 0.29) is 5.92 Å². The summed E-state index contributed by atoms with van der Waals surface area (Å²) in [4.78, 5) is 10.4. The van der Waals surface area contributed by atoms with Crippen molar-refractivity contribution in [3.8, 4) is 0 Å². The van der Waals surface area contributed by atoms with Gasteiger partial charge in [0.1, 0.15) is 0 Å². The maximum Gasteiger partial charge on any atom is 0.308 e. The molecule has 0 aromatic carbocycles. The molecule has 1 aliphatic heterocycles. The Morgan fingerprint density at radius 2 is 2.33 bits per heavy atom. The van der Waals surface area contributed by atoms with E-state index in [0.717, 1.165) is 6.54 Å². The van der Waals surface area contributed by atoms with Gasteiger partial charge >= 0.3 is 5.97 Å². The lowest BCUT2D eigenvalue weighted by atomic mass is 9.99. The first-order chi connectivity index (χ1) is 4.22. The van der Waals surface area contributed by atoms with Crippen LogP contribution >= 0.6 is 0 Å². The van der Waals surface area contributed by atoms with Crippen molar-refractivity contribution in [3.05, 3.63) is 0 Å². The topological polar surface area (TPSA) is 49.3 Å². The van der Waals surface area contributed by atoms with Gasteiger partial charge in [0.2, 0.25) is 0 Å². The van der Waals surface area contributed by atoms with Crippen LogP contribution in [0.15, 0.2) is 0 Å². The summed E-state index contributed by atoms with van der Waals surface area (Å²) in [5, 5.41) is 11.6. The van der Waals surface area contributed by atoms with E-state index in [1.165, 1.54) is 0 Å². The van der Waals surface area contributed by atoms with Crippen molar-refractivity contribution in [2.75, 3.05) is 13.1 Å². The van der Waals surface area contributed by atoms with Crippen LogP contribution in [0.2, 0.25) is 0 Å². The van der Waals surface area contributed by atoms with Gasteiger partial charge < -0.3 is 10.4 Å². The summed E-state index contributed by atoms with van der Waals surface area (Å²) in [5.74, 6) is -0.542. The first-order valence-electron chi connectivity index (χ1n) is 3.15. The van der Waals surface area contributed by atoms with Crippen LogP contribution in [0.4, 0.5) is 0 Å². The van der Waals surface area contributed by atoms with Crippen LogP contribution in [0, 0.1) is 11.8 Å². The summed E-state index contributed by atoms with van der Waals surface area (Å²) in [7, 11) is 0. The van der Waals surface area contributed by atoms with E-state index in [0.29, 0.717) is 12.5 Å². The first-order valence-corrected chi connectivity index (χ1v) is 3.15. The molecule has 3 heteroatoms. The lowest BCUT2D eigenvalue weighted by Gasteiger charge is -2.05. The molecular formula is C6H11NO2. The molecule has 0 aromatic rings. The van der Waals surface area contributed by atoms with E-state index < -0.39 is 5.97 Å². The number of nitrogens with one attached hydrogen (secondary N) is 1. The van der Waals surface area contributed by atoms with Crippen LogP contribution < -0.4 is 5.32 Å². The van der Waals surface area contributed by atoms with E-state index in [4.69, 9.17) is 5.11 Å². The van der Waals surface area contributed by atoms with Crippen molar-refractivity contribution >= 4 is 5.97 Å². The molecule has 1 saturated heterocycles. The monoisotopic (exact) mass is 129 g/mol. The number of carboxylic acids is 1. The summed E-state index contributed by atoms with van der Waals surface area (Å²) in [5.41, 5.74) is 0. The molecule has 0 saturated carbocycles. The fraction of sp³-hybridized carbons (Fsp3) is 0.833. The van der Waals surface area contributed by atoms with Gasteiger partial charge in [0.15, 0.2) is 0 Å². The van der Waals surface area contributed by atoms with Crippen LogP contribution in [0.25, 0.3) is 0 Å². The third kappa shape index (κ3) is 1.21. The Morgan fingerprint density at radius 1 is 1.67 bits per heavy atom. The molecule has 0 aliphatic carbocycles. The third-order valence-corrected chi connectivity index (χ3v) is 1.83. The highest BCUT2D eigenvalue weighted by atomic mass is 16.4. The molecule has 0 spiro atoms. The first kappa shape index (κ1) is 6.55. The minimum Gasteiger partial charge on any atom is -0.481 e. The molecule has 2 N–H and O–H groups in total. The summed E-state index contributed by atoms with van der Waals surface area (Å²) in [6.45, 7) is 3.44. The predicted octanol–water partition coefficient (Wildman–Crippen LogP) is -0.0735. The molecule has 0 bridgehead atoms. The van der Waals surface area contributed by atoms with Gasteiger partial charge in [0.25, 0.3) is 0 Å². The SMILES string of the molecule is CC1CNCC1C(=O)O. The lowest BCUT2D eigenvalue weighted by molar-refractivity contribution is -0.142. The van der Waals surface area contributed by atoms with Crippen molar-refractivity contribution in [1.82, 2.24) is 5.32 Å². The van der Waals surface area contributed by atoms with Crippen LogP contribution in [0.3, 0.4) is 0 Å². The number of carboxylic acid groups (broad SMARTS) is 1. The van der Waals surface area contributed by atoms with Gasteiger partial charge in [-0.25, -0.2) is 0 Å². The second kappa shape index (κ2) is 2.35.